The van der Waals surface area contributed by atoms with Crippen molar-refractivity contribution in [3.8, 4) is 16.8 Å². The Bertz CT molecular complexity index is 2080. The van der Waals surface area contributed by atoms with Crippen LogP contribution in [0.1, 0.15) is 25.0 Å². The normalized spacial score (nSPS) is 13.3. The van der Waals surface area contributed by atoms with E-state index in [0.717, 1.165) is 5.69 Å². The molecule has 0 unspecified atom stereocenters. The summed E-state index contributed by atoms with van der Waals surface area (Å²) in [6.07, 6.45) is 2.17. The van der Waals surface area contributed by atoms with Crippen molar-refractivity contribution in [3.63, 3.8) is 0 Å². The van der Waals surface area contributed by atoms with Gasteiger partial charge in [0.05, 0.1) is 11.2 Å². The second-order valence-electron chi connectivity index (χ2n) is 11.5. The highest BCUT2D eigenvalue weighted by Crippen LogP contribution is 2.51. The Morgan fingerprint density at radius 2 is 1.24 bits per heavy atom. The molecule has 0 bridgehead atoms. The van der Waals surface area contributed by atoms with Crippen LogP contribution in [0.15, 0.2) is 146 Å². The van der Waals surface area contributed by atoms with Gasteiger partial charge in [-0.3, -0.25) is 0 Å². The van der Waals surface area contributed by atoms with Crippen LogP contribution >= 0.6 is 0 Å². The second kappa shape index (κ2) is 8.97. The molecule has 6 aromatic carbocycles. The number of anilines is 3. The standard InChI is InChI=1S/C39H30N2/c1-39(2)35-17-9-8-16-33(35)34-21-19-31(26-36(34)39)41(38-18-10-12-27-11-6-7-15-32(27)38)30-20-22-37-28(25-30)23-24-40(37)29-13-4-3-5-14-29/h3-26H,1-2H3. The van der Waals surface area contributed by atoms with Gasteiger partial charge < -0.3 is 9.47 Å². The molecule has 0 saturated carbocycles. The molecule has 7 aromatic rings. The molecule has 2 nitrogen and oxygen atoms in total. The molecule has 0 N–H and O–H groups in total. The minimum Gasteiger partial charge on any atom is -0.317 e. The molecule has 0 saturated heterocycles. The average molecular weight is 527 g/mol. The van der Waals surface area contributed by atoms with Crippen LogP contribution in [-0.4, -0.2) is 4.57 Å². The smallest absolute Gasteiger partial charge is 0.0540 e. The minimum atomic E-state index is -0.0662. The van der Waals surface area contributed by atoms with Gasteiger partial charge in [0.25, 0.3) is 0 Å². The lowest BCUT2D eigenvalue weighted by atomic mass is 9.82. The molecule has 196 valence electrons. The zero-order chi connectivity index (χ0) is 27.6. The molecule has 2 heteroatoms. The van der Waals surface area contributed by atoms with Crippen molar-refractivity contribution >= 4 is 38.7 Å². The summed E-state index contributed by atoms with van der Waals surface area (Å²) in [6.45, 7) is 4.70. The number of hydrogen-bond acceptors (Lipinski definition) is 1. The van der Waals surface area contributed by atoms with E-state index in [1.807, 2.05) is 0 Å². The lowest BCUT2D eigenvalue weighted by molar-refractivity contribution is 0.660. The van der Waals surface area contributed by atoms with Gasteiger partial charge in [-0.25, -0.2) is 0 Å². The first-order chi connectivity index (χ1) is 20.1. The van der Waals surface area contributed by atoms with Crippen LogP contribution in [-0.2, 0) is 5.41 Å². The van der Waals surface area contributed by atoms with Gasteiger partial charge in [-0.1, -0.05) is 98.8 Å². The Balaban J connectivity index is 1.34. The molecule has 1 aromatic heterocycles. The van der Waals surface area contributed by atoms with Gasteiger partial charge in [0.2, 0.25) is 0 Å². The summed E-state index contributed by atoms with van der Waals surface area (Å²) in [6, 6.07) is 50.8. The molecular formula is C39H30N2. The van der Waals surface area contributed by atoms with Crippen molar-refractivity contribution in [2.45, 2.75) is 19.3 Å². The lowest BCUT2D eigenvalue weighted by Gasteiger charge is -2.29. The first-order valence-electron chi connectivity index (χ1n) is 14.3. The van der Waals surface area contributed by atoms with Crippen molar-refractivity contribution in [2.75, 3.05) is 4.90 Å². The van der Waals surface area contributed by atoms with Gasteiger partial charge >= 0.3 is 0 Å². The van der Waals surface area contributed by atoms with Crippen LogP contribution in [0.2, 0.25) is 0 Å². The molecule has 0 atom stereocenters. The zero-order valence-electron chi connectivity index (χ0n) is 23.3. The highest BCUT2D eigenvalue weighted by atomic mass is 15.1. The van der Waals surface area contributed by atoms with Crippen LogP contribution < -0.4 is 4.90 Å². The fourth-order valence-corrected chi connectivity index (χ4v) is 6.74. The Kier molecular flexibility index (Phi) is 5.20. The maximum Gasteiger partial charge on any atom is 0.0540 e. The Labute approximate surface area is 240 Å². The predicted molar refractivity (Wildman–Crippen MR) is 173 cm³/mol. The summed E-state index contributed by atoms with van der Waals surface area (Å²) in [5.74, 6) is 0. The topological polar surface area (TPSA) is 8.17 Å². The number of nitrogens with zero attached hydrogens (tertiary/aromatic N) is 2. The maximum atomic E-state index is 2.43. The van der Waals surface area contributed by atoms with Crippen molar-refractivity contribution in [1.29, 1.82) is 0 Å². The van der Waals surface area contributed by atoms with E-state index in [4.69, 9.17) is 0 Å². The Hall–Kier alpha value is -5.08. The molecule has 0 spiro atoms. The summed E-state index contributed by atoms with van der Waals surface area (Å²) >= 11 is 0. The van der Waals surface area contributed by atoms with Gasteiger partial charge in [0, 0.05) is 39.4 Å². The first kappa shape index (κ1) is 23.8. The quantitative estimate of drug-likeness (QED) is 0.221. The van der Waals surface area contributed by atoms with E-state index in [1.165, 1.54) is 61.0 Å². The summed E-state index contributed by atoms with van der Waals surface area (Å²) in [5.41, 5.74) is 11.2. The lowest BCUT2D eigenvalue weighted by Crippen LogP contribution is -2.16. The highest BCUT2D eigenvalue weighted by Gasteiger charge is 2.35. The first-order valence-corrected chi connectivity index (χ1v) is 14.3. The number of hydrogen-bond donors (Lipinski definition) is 0. The fourth-order valence-electron chi connectivity index (χ4n) is 6.74. The molecule has 0 radical (unpaired) electrons. The third-order valence-corrected chi connectivity index (χ3v) is 8.80. The number of fused-ring (bicyclic) bond motifs is 5. The van der Waals surface area contributed by atoms with E-state index in [2.05, 4.69) is 169 Å². The molecule has 1 aliphatic rings. The van der Waals surface area contributed by atoms with Crippen molar-refractivity contribution in [1.82, 2.24) is 4.57 Å². The van der Waals surface area contributed by atoms with Crippen LogP contribution in [0.5, 0.6) is 0 Å². The van der Waals surface area contributed by atoms with Crippen LogP contribution in [0.3, 0.4) is 0 Å². The summed E-state index contributed by atoms with van der Waals surface area (Å²) in [4.78, 5) is 2.43. The zero-order valence-corrected chi connectivity index (χ0v) is 23.3. The molecular weight excluding hydrogens is 496 g/mol. The van der Waals surface area contributed by atoms with E-state index >= 15 is 0 Å². The molecule has 1 aliphatic carbocycles. The van der Waals surface area contributed by atoms with Gasteiger partial charge in [-0.2, -0.15) is 0 Å². The second-order valence-corrected chi connectivity index (χ2v) is 11.5. The molecule has 0 fully saturated rings. The molecule has 1 heterocycles. The van der Waals surface area contributed by atoms with E-state index in [-0.39, 0.29) is 5.41 Å². The third-order valence-electron chi connectivity index (χ3n) is 8.80. The van der Waals surface area contributed by atoms with Gasteiger partial charge in [-0.05, 0) is 82.2 Å². The van der Waals surface area contributed by atoms with Gasteiger partial charge in [0.1, 0.15) is 0 Å². The summed E-state index contributed by atoms with van der Waals surface area (Å²) in [5, 5.41) is 3.69. The number of benzene rings is 6. The van der Waals surface area contributed by atoms with Gasteiger partial charge in [0.15, 0.2) is 0 Å². The van der Waals surface area contributed by atoms with Crippen LogP contribution in [0, 0.1) is 0 Å². The Morgan fingerprint density at radius 3 is 2.15 bits per heavy atom. The Morgan fingerprint density at radius 1 is 0.537 bits per heavy atom. The van der Waals surface area contributed by atoms with E-state index < -0.39 is 0 Å². The predicted octanol–water partition coefficient (Wildman–Crippen LogP) is 10.6. The number of rotatable bonds is 4. The van der Waals surface area contributed by atoms with Crippen molar-refractivity contribution < 1.29 is 0 Å². The maximum absolute atomic E-state index is 2.43. The number of para-hydroxylation sites is 1. The monoisotopic (exact) mass is 526 g/mol. The van der Waals surface area contributed by atoms with E-state index in [1.54, 1.807) is 0 Å². The van der Waals surface area contributed by atoms with Crippen LogP contribution in [0.25, 0.3) is 38.5 Å². The highest BCUT2D eigenvalue weighted by molar-refractivity contribution is 6.00. The molecule has 0 amide bonds. The fraction of sp³-hybridized carbons (Fsp3) is 0.0769. The van der Waals surface area contributed by atoms with E-state index in [0.29, 0.717) is 0 Å². The SMILES string of the molecule is CC1(C)c2ccccc2-c2ccc(N(c3ccc4c(ccn4-c4ccccc4)c3)c3cccc4ccccc34)cc21. The van der Waals surface area contributed by atoms with Crippen molar-refractivity contribution in [2.24, 2.45) is 0 Å². The third kappa shape index (κ3) is 3.64. The van der Waals surface area contributed by atoms with Crippen LogP contribution in [0.4, 0.5) is 17.1 Å². The average Bonchev–Trinajstić information content (AvgIpc) is 3.54. The molecule has 8 rings (SSSR count). The molecule has 0 aliphatic heterocycles. The number of aromatic nitrogens is 1. The largest absolute Gasteiger partial charge is 0.317 e. The minimum absolute atomic E-state index is 0.0662. The summed E-state index contributed by atoms with van der Waals surface area (Å²) < 4.78 is 2.26. The summed E-state index contributed by atoms with van der Waals surface area (Å²) in [7, 11) is 0. The molecule has 41 heavy (non-hydrogen) atoms. The van der Waals surface area contributed by atoms with Gasteiger partial charge in [-0.15, -0.1) is 0 Å². The van der Waals surface area contributed by atoms with Crippen molar-refractivity contribution in [3.05, 3.63) is 157 Å². The van der Waals surface area contributed by atoms with E-state index in [9.17, 15) is 0 Å².